The van der Waals surface area contributed by atoms with Crippen molar-refractivity contribution >= 4 is 30.1 Å². The van der Waals surface area contributed by atoms with E-state index >= 15 is 0 Å². The minimum atomic E-state index is 0.381. The molecule has 1 aliphatic carbocycles. The molecular formula is C14H22ClN3S. The van der Waals surface area contributed by atoms with Gasteiger partial charge in [-0.1, -0.05) is 43.0 Å². The summed E-state index contributed by atoms with van der Waals surface area (Å²) in [5.41, 5.74) is 3.55. The van der Waals surface area contributed by atoms with Gasteiger partial charge in [-0.3, -0.25) is 4.99 Å². The summed E-state index contributed by atoms with van der Waals surface area (Å²) in [6.07, 6.45) is 7.83. The van der Waals surface area contributed by atoms with Crippen LogP contribution in [0.5, 0.6) is 0 Å². The molecule has 3 nitrogen and oxygen atoms in total. The molecule has 0 unspecified atom stereocenters. The number of nitrogens with zero attached hydrogens (tertiary/aromatic N) is 1. The highest BCUT2D eigenvalue weighted by molar-refractivity contribution is 7.79. The second-order valence-electron chi connectivity index (χ2n) is 4.39. The Hall–Kier alpha value is -0.710. The lowest BCUT2D eigenvalue weighted by Gasteiger charge is -2.19. The van der Waals surface area contributed by atoms with Crippen molar-refractivity contribution in [2.75, 3.05) is 6.26 Å². The maximum Gasteiger partial charge on any atom is 0.144 e. The average Bonchev–Trinajstić information content (AvgIpc) is 2.49. The Bertz CT molecular complexity index is 403. The molecule has 0 atom stereocenters. The van der Waals surface area contributed by atoms with Crippen molar-refractivity contribution in [3.8, 4) is 0 Å². The molecule has 1 fully saturated rings. The fourth-order valence-corrected chi connectivity index (χ4v) is 2.46. The zero-order chi connectivity index (χ0) is 14.1. The number of aliphatic imine (C=N–C) groups is 1. The van der Waals surface area contributed by atoms with E-state index in [1.165, 1.54) is 19.3 Å². The van der Waals surface area contributed by atoms with E-state index in [2.05, 4.69) is 23.0 Å². The molecule has 0 spiro atoms. The summed E-state index contributed by atoms with van der Waals surface area (Å²) in [7, 11) is 0. The fraction of sp³-hybridized carbons (Fsp3) is 0.500. The average molecular weight is 300 g/mol. The molecule has 19 heavy (non-hydrogen) atoms. The van der Waals surface area contributed by atoms with E-state index in [1.54, 1.807) is 6.26 Å². The van der Waals surface area contributed by atoms with Crippen LogP contribution in [0.2, 0.25) is 5.02 Å². The number of amidine groups is 1. The Morgan fingerprint density at radius 2 is 1.89 bits per heavy atom. The van der Waals surface area contributed by atoms with Gasteiger partial charge in [0.05, 0.1) is 11.1 Å². The number of benzene rings is 1. The van der Waals surface area contributed by atoms with Crippen LogP contribution in [0.3, 0.4) is 0 Å². The molecule has 2 rings (SSSR count). The normalized spacial score (nSPS) is 16.5. The molecule has 0 amide bonds. The van der Waals surface area contributed by atoms with Crippen molar-refractivity contribution in [1.29, 1.82) is 0 Å². The lowest BCUT2D eigenvalue weighted by Crippen LogP contribution is -2.33. The third-order valence-corrected chi connectivity index (χ3v) is 3.48. The van der Waals surface area contributed by atoms with Gasteiger partial charge in [0.2, 0.25) is 0 Å². The number of hydrogen-bond donors (Lipinski definition) is 3. The smallest absolute Gasteiger partial charge is 0.144 e. The van der Waals surface area contributed by atoms with Crippen LogP contribution in [0.15, 0.2) is 29.3 Å². The van der Waals surface area contributed by atoms with Crippen molar-refractivity contribution in [2.24, 2.45) is 10.8 Å². The van der Waals surface area contributed by atoms with Crippen LogP contribution in [0.25, 0.3) is 0 Å². The van der Waals surface area contributed by atoms with Gasteiger partial charge in [-0.05, 0) is 31.2 Å². The van der Waals surface area contributed by atoms with Crippen LogP contribution in [0, 0.1) is 0 Å². The third-order valence-electron chi connectivity index (χ3n) is 3.15. The number of nitrogens with two attached hydrogens (primary N) is 1. The van der Waals surface area contributed by atoms with Crippen molar-refractivity contribution in [2.45, 2.75) is 38.1 Å². The standard InChI is InChI=1S/C13H18ClN3.CH4S/c14-12-9-5-4-8-11(12)13(17-15)16-10-6-2-1-3-7-10;1-2/h4-5,8-10H,1-3,6-7,15H2,(H,16,17);2H,1H3. The minimum absolute atomic E-state index is 0.381. The minimum Gasteiger partial charge on any atom is -0.308 e. The Labute approximate surface area is 126 Å². The number of thiol groups is 1. The quantitative estimate of drug-likeness (QED) is 0.258. The van der Waals surface area contributed by atoms with Gasteiger partial charge in [0.1, 0.15) is 5.84 Å². The summed E-state index contributed by atoms with van der Waals surface area (Å²) in [6, 6.07) is 8.01. The molecule has 1 aromatic rings. The number of nitrogens with one attached hydrogen (secondary N) is 1. The monoisotopic (exact) mass is 299 g/mol. The molecule has 3 N–H and O–H groups in total. The fourth-order valence-electron chi connectivity index (χ4n) is 2.23. The number of halogens is 1. The second-order valence-corrected chi connectivity index (χ2v) is 4.80. The molecular weight excluding hydrogens is 278 g/mol. The first-order valence-electron chi connectivity index (χ1n) is 6.55. The molecule has 0 bridgehead atoms. The first-order chi connectivity index (χ1) is 9.31. The Morgan fingerprint density at radius 1 is 1.26 bits per heavy atom. The topological polar surface area (TPSA) is 50.4 Å². The maximum atomic E-state index is 6.14. The largest absolute Gasteiger partial charge is 0.308 e. The van der Waals surface area contributed by atoms with Gasteiger partial charge in [0.15, 0.2) is 0 Å². The Balaban J connectivity index is 0.000000861. The second kappa shape index (κ2) is 9.23. The molecule has 0 heterocycles. The zero-order valence-corrected chi connectivity index (χ0v) is 12.9. The summed E-state index contributed by atoms with van der Waals surface area (Å²) in [4.78, 5) is 4.68. The summed E-state index contributed by atoms with van der Waals surface area (Å²) in [5, 5.41) is 0.681. The van der Waals surface area contributed by atoms with Crippen molar-refractivity contribution in [1.82, 2.24) is 5.43 Å². The number of hydrazine groups is 1. The van der Waals surface area contributed by atoms with E-state index in [1.807, 2.05) is 24.3 Å². The van der Waals surface area contributed by atoms with Crippen molar-refractivity contribution in [3.05, 3.63) is 34.9 Å². The van der Waals surface area contributed by atoms with E-state index in [0.29, 0.717) is 16.9 Å². The zero-order valence-electron chi connectivity index (χ0n) is 11.3. The summed E-state index contributed by atoms with van der Waals surface area (Å²) >= 11 is 9.67. The number of hydrogen-bond acceptors (Lipinski definition) is 3. The summed E-state index contributed by atoms with van der Waals surface area (Å²) in [5.74, 6) is 6.25. The molecule has 106 valence electrons. The van der Waals surface area contributed by atoms with Crippen molar-refractivity contribution < 1.29 is 0 Å². The van der Waals surface area contributed by atoms with Gasteiger partial charge in [-0.25, -0.2) is 5.84 Å². The van der Waals surface area contributed by atoms with Gasteiger partial charge in [0, 0.05) is 5.56 Å². The van der Waals surface area contributed by atoms with Crippen LogP contribution >= 0.6 is 24.2 Å². The molecule has 1 aliphatic rings. The first-order valence-corrected chi connectivity index (χ1v) is 7.82. The van der Waals surface area contributed by atoms with Crippen LogP contribution in [-0.2, 0) is 0 Å². The van der Waals surface area contributed by atoms with Crippen LogP contribution in [0.4, 0.5) is 0 Å². The molecule has 5 heteroatoms. The predicted molar refractivity (Wildman–Crippen MR) is 87.1 cm³/mol. The molecule has 0 radical (unpaired) electrons. The number of rotatable bonds is 2. The Morgan fingerprint density at radius 3 is 2.47 bits per heavy atom. The molecule has 1 saturated carbocycles. The highest BCUT2D eigenvalue weighted by Crippen LogP contribution is 2.22. The molecule has 0 saturated heterocycles. The first kappa shape index (κ1) is 16.3. The van der Waals surface area contributed by atoms with Crippen LogP contribution in [-0.4, -0.2) is 18.1 Å². The van der Waals surface area contributed by atoms with E-state index in [-0.39, 0.29) is 0 Å². The SMILES string of the molecule is CS.NNC(=NC1CCCCC1)c1ccccc1Cl. The molecule has 1 aromatic carbocycles. The van der Waals surface area contributed by atoms with Gasteiger partial charge >= 0.3 is 0 Å². The van der Waals surface area contributed by atoms with E-state index in [9.17, 15) is 0 Å². The van der Waals surface area contributed by atoms with E-state index in [4.69, 9.17) is 17.4 Å². The highest BCUT2D eigenvalue weighted by atomic mass is 35.5. The Kier molecular flexibility index (Phi) is 7.94. The van der Waals surface area contributed by atoms with Gasteiger partial charge in [-0.15, -0.1) is 0 Å². The van der Waals surface area contributed by atoms with Crippen LogP contribution in [0.1, 0.15) is 37.7 Å². The van der Waals surface area contributed by atoms with Gasteiger partial charge in [-0.2, -0.15) is 12.6 Å². The van der Waals surface area contributed by atoms with Crippen molar-refractivity contribution in [3.63, 3.8) is 0 Å². The molecule has 0 aromatic heterocycles. The van der Waals surface area contributed by atoms with E-state index < -0.39 is 0 Å². The summed E-state index contributed by atoms with van der Waals surface area (Å²) < 4.78 is 0. The highest BCUT2D eigenvalue weighted by Gasteiger charge is 2.14. The lowest BCUT2D eigenvalue weighted by atomic mass is 9.96. The summed E-state index contributed by atoms with van der Waals surface area (Å²) in [6.45, 7) is 0. The lowest BCUT2D eigenvalue weighted by molar-refractivity contribution is 0.442. The van der Waals surface area contributed by atoms with E-state index in [0.717, 1.165) is 18.4 Å². The molecule has 0 aliphatic heterocycles. The van der Waals surface area contributed by atoms with Gasteiger partial charge in [0.25, 0.3) is 0 Å². The predicted octanol–water partition coefficient (Wildman–Crippen LogP) is 3.43. The third kappa shape index (κ3) is 5.05. The van der Waals surface area contributed by atoms with Crippen LogP contribution < -0.4 is 11.3 Å². The maximum absolute atomic E-state index is 6.14. The van der Waals surface area contributed by atoms with Gasteiger partial charge < -0.3 is 5.43 Å².